The molecule has 1 unspecified atom stereocenters. The van der Waals surface area contributed by atoms with E-state index in [1.807, 2.05) is 24.3 Å². The molecule has 7 nitrogen and oxygen atoms in total. The summed E-state index contributed by atoms with van der Waals surface area (Å²) in [5, 5.41) is 3.38. The molecule has 0 saturated carbocycles. The number of hydrogen-bond acceptors (Lipinski definition) is 4. The molecule has 1 atom stereocenters. The lowest BCUT2D eigenvalue weighted by atomic mass is 10.0. The van der Waals surface area contributed by atoms with E-state index in [1.165, 1.54) is 19.2 Å². The van der Waals surface area contributed by atoms with Crippen molar-refractivity contribution in [2.75, 3.05) is 7.11 Å². The molecule has 0 fully saturated rings. The van der Waals surface area contributed by atoms with Gasteiger partial charge in [-0.05, 0) is 23.8 Å². The fraction of sp³-hybridized carbons (Fsp3) is 0.227. The van der Waals surface area contributed by atoms with Gasteiger partial charge in [-0.1, -0.05) is 30.3 Å². The number of nitrogens with zero attached hydrogens (tertiary/aromatic N) is 2. The van der Waals surface area contributed by atoms with Gasteiger partial charge in [0.2, 0.25) is 11.7 Å². The number of hydrogen-bond donors (Lipinski definition) is 2. The van der Waals surface area contributed by atoms with Gasteiger partial charge in [-0.15, -0.1) is 0 Å². The summed E-state index contributed by atoms with van der Waals surface area (Å²) in [6.07, 6.45) is -2.91. The summed E-state index contributed by atoms with van der Waals surface area (Å²) in [4.78, 5) is 31.7. The standard InChI is InChI=1S/C22H19F3N4O3/c1-32-20(31)17(10-13-11-26-15-7-3-2-6-14(13)15)27-19(30)12-29-18-9-5-4-8-16(18)28-21(29)22(23,24)25/h2-9,11,17,26H,10,12H2,1H3,(H,27,30). The second-order valence-electron chi connectivity index (χ2n) is 7.21. The summed E-state index contributed by atoms with van der Waals surface area (Å²) in [5.41, 5.74) is 1.91. The lowest BCUT2D eigenvalue weighted by Crippen LogP contribution is -2.44. The Hall–Kier alpha value is -3.82. The molecule has 0 aliphatic carbocycles. The van der Waals surface area contributed by atoms with Gasteiger partial charge in [0.15, 0.2) is 0 Å². The molecule has 2 aromatic heterocycles. The van der Waals surface area contributed by atoms with Gasteiger partial charge < -0.3 is 19.6 Å². The van der Waals surface area contributed by atoms with Gasteiger partial charge in [0, 0.05) is 23.5 Å². The minimum absolute atomic E-state index is 0.110. The zero-order chi connectivity index (χ0) is 22.9. The summed E-state index contributed by atoms with van der Waals surface area (Å²) in [6, 6.07) is 12.4. The summed E-state index contributed by atoms with van der Waals surface area (Å²) in [6.45, 7) is -0.656. The van der Waals surface area contributed by atoms with Gasteiger partial charge in [0.25, 0.3) is 0 Å². The van der Waals surface area contributed by atoms with Crippen LogP contribution in [0.2, 0.25) is 0 Å². The van der Waals surface area contributed by atoms with Crippen LogP contribution < -0.4 is 5.32 Å². The van der Waals surface area contributed by atoms with Crippen molar-refractivity contribution in [3.05, 3.63) is 66.1 Å². The fourth-order valence-corrected chi connectivity index (χ4v) is 3.69. The number of carbonyl (C=O) groups is 2. The Labute approximate surface area is 180 Å². The summed E-state index contributed by atoms with van der Waals surface area (Å²) in [5.74, 6) is -2.65. The monoisotopic (exact) mass is 444 g/mol. The number of esters is 1. The zero-order valence-electron chi connectivity index (χ0n) is 16.9. The van der Waals surface area contributed by atoms with E-state index < -0.39 is 36.5 Å². The van der Waals surface area contributed by atoms with Gasteiger partial charge >= 0.3 is 12.1 Å². The number of aromatic nitrogens is 3. The molecule has 32 heavy (non-hydrogen) atoms. The van der Waals surface area contributed by atoms with E-state index in [-0.39, 0.29) is 17.5 Å². The Morgan fingerprint density at radius 1 is 1.16 bits per heavy atom. The Morgan fingerprint density at radius 3 is 2.62 bits per heavy atom. The van der Waals surface area contributed by atoms with Crippen molar-refractivity contribution in [3.8, 4) is 0 Å². The first-order valence-corrected chi connectivity index (χ1v) is 9.72. The molecule has 0 aliphatic heterocycles. The van der Waals surface area contributed by atoms with Crippen LogP contribution in [-0.2, 0) is 33.5 Å². The number of carbonyl (C=O) groups excluding carboxylic acids is 2. The van der Waals surface area contributed by atoms with E-state index in [9.17, 15) is 22.8 Å². The van der Waals surface area contributed by atoms with Crippen molar-refractivity contribution >= 4 is 33.8 Å². The number of para-hydroxylation sites is 3. The summed E-state index contributed by atoms with van der Waals surface area (Å²) >= 11 is 0. The van der Waals surface area contributed by atoms with Crippen molar-refractivity contribution in [3.63, 3.8) is 0 Å². The van der Waals surface area contributed by atoms with Crippen molar-refractivity contribution in [2.45, 2.75) is 25.2 Å². The minimum atomic E-state index is -4.74. The first-order chi connectivity index (χ1) is 15.3. The van der Waals surface area contributed by atoms with Crippen molar-refractivity contribution in [1.82, 2.24) is 19.9 Å². The van der Waals surface area contributed by atoms with E-state index in [0.717, 1.165) is 21.0 Å². The van der Waals surface area contributed by atoms with Crippen molar-refractivity contribution in [2.24, 2.45) is 0 Å². The summed E-state index contributed by atoms with van der Waals surface area (Å²) in [7, 11) is 1.18. The van der Waals surface area contributed by atoms with E-state index in [2.05, 4.69) is 15.3 Å². The molecular formula is C22H19F3N4O3. The second-order valence-corrected chi connectivity index (χ2v) is 7.21. The maximum absolute atomic E-state index is 13.5. The van der Waals surface area contributed by atoms with Crippen LogP contribution in [0.5, 0.6) is 0 Å². The number of halogens is 3. The van der Waals surface area contributed by atoms with Crippen molar-refractivity contribution < 1.29 is 27.5 Å². The van der Waals surface area contributed by atoms with Gasteiger partial charge in [-0.25, -0.2) is 9.78 Å². The van der Waals surface area contributed by atoms with Crippen LogP contribution in [0, 0.1) is 0 Å². The molecule has 0 aliphatic rings. The number of ether oxygens (including phenoxy) is 1. The van der Waals surface area contributed by atoms with Crippen LogP contribution in [0.15, 0.2) is 54.7 Å². The van der Waals surface area contributed by atoms with E-state index in [4.69, 9.17) is 4.74 Å². The lowest BCUT2D eigenvalue weighted by molar-refractivity contribution is -0.148. The molecule has 2 aromatic carbocycles. The van der Waals surface area contributed by atoms with Crippen molar-refractivity contribution in [1.29, 1.82) is 0 Å². The number of H-pyrrole nitrogens is 1. The molecule has 0 saturated heterocycles. The van der Waals surface area contributed by atoms with Crippen LogP contribution in [0.1, 0.15) is 11.4 Å². The number of benzene rings is 2. The number of methoxy groups -OCH3 is 1. The Balaban J connectivity index is 1.59. The third-order valence-electron chi connectivity index (χ3n) is 5.13. The van der Waals surface area contributed by atoms with Crippen LogP contribution >= 0.6 is 0 Å². The molecule has 0 radical (unpaired) electrons. The highest BCUT2D eigenvalue weighted by atomic mass is 19.4. The predicted molar refractivity (Wildman–Crippen MR) is 111 cm³/mol. The van der Waals surface area contributed by atoms with Gasteiger partial charge in [0.1, 0.15) is 12.6 Å². The lowest BCUT2D eigenvalue weighted by Gasteiger charge is -2.17. The van der Waals surface area contributed by atoms with Gasteiger partial charge in [-0.3, -0.25) is 4.79 Å². The van der Waals surface area contributed by atoms with E-state index in [1.54, 1.807) is 18.3 Å². The molecule has 2 N–H and O–H groups in total. The second kappa shape index (κ2) is 8.37. The number of amides is 1. The molecule has 4 rings (SSSR count). The molecule has 10 heteroatoms. The maximum Gasteiger partial charge on any atom is 0.449 e. The Kier molecular flexibility index (Phi) is 5.60. The van der Waals surface area contributed by atoms with E-state index >= 15 is 0 Å². The number of imidazole rings is 1. The van der Waals surface area contributed by atoms with Gasteiger partial charge in [-0.2, -0.15) is 13.2 Å². The largest absolute Gasteiger partial charge is 0.467 e. The molecular weight excluding hydrogens is 425 g/mol. The normalized spacial score (nSPS) is 12.8. The van der Waals surface area contributed by atoms with Crippen LogP contribution in [0.3, 0.4) is 0 Å². The topological polar surface area (TPSA) is 89.0 Å². The molecule has 1 amide bonds. The first kappa shape index (κ1) is 21.4. The van der Waals surface area contributed by atoms with Gasteiger partial charge in [0.05, 0.1) is 18.1 Å². The Bertz CT molecular complexity index is 1290. The highest BCUT2D eigenvalue weighted by Crippen LogP contribution is 2.31. The molecule has 166 valence electrons. The summed E-state index contributed by atoms with van der Waals surface area (Å²) < 4.78 is 46.1. The van der Waals surface area contributed by atoms with Crippen LogP contribution in [0.4, 0.5) is 13.2 Å². The van der Waals surface area contributed by atoms with E-state index in [0.29, 0.717) is 0 Å². The molecule has 4 aromatic rings. The molecule has 2 heterocycles. The maximum atomic E-state index is 13.5. The number of rotatable bonds is 6. The van der Waals surface area contributed by atoms with Crippen LogP contribution in [0.25, 0.3) is 21.9 Å². The SMILES string of the molecule is COC(=O)C(Cc1c[nH]c2ccccc12)NC(=O)Cn1c(C(F)(F)F)nc2ccccc21. The van der Waals surface area contributed by atoms with Crippen LogP contribution in [-0.4, -0.2) is 39.6 Å². The highest BCUT2D eigenvalue weighted by Gasteiger charge is 2.38. The number of fused-ring (bicyclic) bond motifs is 2. The predicted octanol–water partition coefficient (Wildman–Crippen LogP) is 3.44. The molecule has 0 spiro atoms. The Morgan fingerprint density at radius 2 is 1.88 bits per heavy atom. The third-order valence-corrected chi connectivity index (χ3v) is 5.13. The average Bonchev–Trinajstić information content (AvgIpc) is 3.34. The zero-order valence-corrected chi connectivity index (χ0v) is 16.9. The quantitative estimate of drug-likeness (QED) is 0.446. The minimum Gasteiger partial charge on any atom is -0.467 e. The molecule has 0 bridgehead atoms. The fourth-order valence-electron chi connectivity index (χ4n) is 3.69. The number of alkyl halides is 3. The number of aromatic amines is 1. The highest BCUT2D eigenvalue weighted by molar-refractivity contribution is 5.88. The first-order valence-electron chi connectivity index (χ1n) is 9.72. The number of nitrogens with one attached hydrogen (secondary N) is 2. The average molecular weight is 444 g/mol. The third kappa shape index (κ3) is 4.16. The smallest absolute Gasteiger partial charge is 0.449 e.